The Kier molecular flexibility index (Phi) is 4.49. The molecule has 0 bridgehead atoms. The molecule has 0 atom stereocenters. The summed E-state index contributed by atoms with van der Waals surface area (Å²) in [6, 6.07) is 2.80. The molecule has 21 heavy (non-hydrogen) atoms. The number of rotatable bonds is 5. The third-order valence-electron chi connectivity index (χ3n) is 2.56. The summed E-state index contributed by atoms with van der Waals surface area (Å²) in [5.41, 5.74) is 6.00. The van der Waals surface area contributed by atoms with Gasteiger partial charge in [-0.2, -0.15) is 4.98 Å². The van der Waals surface area contributed by atoms with Crippen molar-refractivity contribution in [3.05, 3.63) is 28.3 Å². The summed E-state index contributed by atoms with van der Waals surface area (Å²) in [6.45, 7) is 1.52. The van der Waals surface area contributed by atoms with Crippen LogP contribution in [-0.2, 0) is 16.6 Å². The number of aromatic nitrogens is 2. The van der Waals surface area contributed by atoms with E-state index in [0.717, 1.165) is 0 Å². The highest BCUT2D eigenvalue weighted by molar-refractivity contribution is 9.10. The zero-order chi connectivity index (χ0) is 15.6. The number of sulfonamides is 1. The van der Waals surface area contributed by atoms with Crippen LogP contribution in [0.5, 0.6) is 5.75 Å². The van der Waals surface area contributed by atoms with Crippen molar-refractivity contribution in [2.24, 2.45) is 0 Å². The van der Waals surface area contributed by atoms with Crippen molar-refractivity contribution in [1.82, 2.24) is 14.9 Å². The van der Waals surface area contributed by atoms with Crippen LogP contribution in [0.15, 0.2) is 26.0 Å². The number of nitrogens with two attached hydrogens (primary N) is 1. The summed E-state index contributed by atoms with van der Waals surface area (Å²) in [4.78, 5) is 3.85. The monoisotopic (exact) mass is 376 g/mol. The SMILES string of the molecule is COc1cc(Br)c(N)cc1S(=O)(=O)NCc1nc(C)no1. The molecule has 2 aromatic rings. The van der Waals surface area contributed by atoms with E-state index in [2.05, 4.69) is 30.8 Å². The van der Waals surface area contributed by atoms with Crippen molar-refractivity contribution in [1.29, 1.82) is 0 Å². The van der Waals surface area contributed by atoms with Gasteiger partial charge in [0.1, 0.15) is 10.6 Å². The number of hydrogen-bond acceptors (Lipinski definition) is 7. The van der Waals surface area contributed by atoms with E-state index < -0.39 is 10.0 Å². The molecule has 3 N–H and O–H groups in total. The fraction of sp³-hybridized carbons (Fsp3) is 0.273. The minimum Gasteiger partial charge on any atom is -0.495 e. The number of nitrogens with zero attached hydrogens (tertiary/aromatic N) is 2. The fourth-order valence-electron chi connectivity index (χ4n) is 1.57. The van der Waals surface area contributed by atoms with Gasteiger partial charge in [-0.3, -0.25) is 0 Å². The van der Waals surface area contributed by atoms with Gasteiger partial charge in [-0.15, -0.1) is 0 Å². The fourth-order valence-corrected chi connectivity index (χ4v) is 3.05. The number of benzene rings is 1. The van der Waals surface area contributed by atoms with Crippen LogP contribution >= 0.6 is 15.9 Å². The van der Waals surface area contributed by atoms with Crippen molar-refractivity contribution < 1.29 is 17.7 Å². The quantitative estimate of drug-likeness (QED) is 0.752. The molecule has 0 amide bonds. The van der Waals surface area contributed by atoms with E-state index in [4.69, 9.17) is 15.0 Å². The second-order valence-electron chi connectivity index (χ2n) is 4.08. The van der Waals surface area contributed by atoms with Gasteiger partial charge < -0.3 is 15.0 Å². The Morgan fingerprint density at radius 2 is 2.19 bits per heavy atom. The van der Waals surface area contributed by atoms with Crippen molar-refractivity contribution in [2.45, 2.75) is 18.4 Å². The van der Waals surface area contributed by atoms with Gasteiger partial charge in [0.15, 0.2) is 5.82 Å². The van der Waals surface area contributed by atoms with E-state index in [1.54, 1.807) is 6.92 Å². The van der Waals surface area contributed by atoms with Crippen LogP contribution in [0.25, 0.3) is 0 Å². The van der Waals surface area contributed by atoms with Crippen LogP contribution in [0.2, 0.25) is 0 Å². The molecular weight excluding hydrogens is 364 g/mol. The van der Waals surface area contributed by atoms with E-state index in [9.17, 15) is 8.42 Å². The Hall–Kier alpha value is -1.65. The number of ether oxygens (including phenoxy) is 1. The summed E-state index contributed by atoms with van der Waals surface area (Å²) in [7, 11) is -2.46. The molecule has 2 rings (SSSR count). The lowest BCUT2D eigenvalue weighted by atomic mass is 10.3. The molecule has 0 saturated carbocycles. The lowest BCUT2D eigenvalue weighted by molar-refractivity contribution is 0.371. The molecule has 1 heterocycles. The Labute approximate surface area is 129 Å². The molecule has 1 aromatic carbocycles. The van der Waals surface area contributed by atoms with Gasteiger partial charge in [-0.05, 0) is 35.0 Å². The minimum absolute atomic E-state index is 0.0677. The van der Waals surface area contributed by atoms with Crippen molar-refractivity contribution in [2.75, 3.05) is 12.8 Å². The molecule has 0 radical (unpaired) electrons. The first-order valence-corrected chi connectivity index (χ1v) is 8.03. The Balaban J connectivity index is 2.28. The zero-order valence-corrected chi connectivity index (χ0v) is 13.7. The molecule has 8 nitrogen and oxygen atoms in total. The molecule has 1 aromatic heterocycles. The lowest BCUT2D eigenvalue weighted by Gasteiger charge is -2.11. The maximum atomic E-state index is 12.3. The summed E-state index contributed by atoms with van der Waals surface area (Å²) in [5.74, 6) is 0.764. The normalized spacial score (nSPS) is 11.6. The van der Waals surface area contributed by atoms with Crippen molar-refractivity contribution in [3.63, 3.8) is 0 Å². The topological polar surface area (TPSA) is 120 Å². The molecular formula is C11H13BrN4O4S. The van der Waals surface area contributed by atoms with Crippen LogP contribution in [0, 0.1) is 6.92 Å². The molecule has 0 unspecified atom stereocenters. The molecule has 0 spiro atoms. The second-order valence-corrected chi connectivity index (χ2v) is 6.67. The van der Waals surface area contributed by atoms with E-state index >= 15 is 0 Å². The highest BCUT2D eigenvalue weighted by atomic mass is 79.9. The largest absolute Gasteiger partial charge is 0.495 e. The van der Waals surface area contributed by atoms with E-state index in [1.807, 2.05) is 0 Å². The van der Waals surface area contributed by atoms with E-state index in [1.165, 1.54) is 19.2 Å². The molecule has 0 saturated heterocycles. The maximum Gasteiger partial charge on any atom is 0.244 e. The predicted octanol–water partition coefficient (Wildman–Crippen LogP) is 1.21. The van der Waals surface area contributed by atoms with Gasteiger partial charge in [0.25, 0.3) is 0 Å². The second kappa shape index (κ2) is 6.00. The molecule has 0 aliphatic heterocycles. The standard InChI is InChI=1S/C11H13BrN4O4S/c1-6-15-11(20-16-6)5-14-21(17,18)10-4-8(13)7(12)3-9(10)19-2/h3-4,14H,5,13H2,1-2H3. The van der Waals surface area contributed by atoms with Crippen molar-refractivity contribution in [3.8, 4) is 5.75 Å². The summed E-state index contributed by atoms with van der Waals surface area (Å²) in [6.07, 6.45) is 0. The predicted molar refractivity (Wildman–Crippen MR) is 78.2 cm³/mol. The Morgan fingerprint density at radius 1 is 1.48 bits per heavy atom. The number of halogens is 1. The molecule has 114 valence electrons. The average Bonchev–Trinajstić information content (AvgIpc) is 2.85. The Bertz CT molecular complexity index is 760. The first kappa shape index (κ1) is 15.7. The minimum atomic E-state index is -3.83. The number of nitrogens with one attached hydrogen (secondary N) is 1. The number of methoxy groups -OCH3 is 1. The van der Waals surface area contributed by atoms with Gasteiger partial charge in [-0.25, -0.2) is 13.1 Å². The third-order valence-corrected chi connectivity index (χ3v) is 4.66. The van der Waals surface area contributed by atoms with Gasteiger partial charge in [0, 0.05) is 10.2 Å². The van der Waals surface area contributed by atoms with Crippen LogP contribution in [0.4, 0.5) is 5.69 Å². The van der Waals surface area contributed by atoms with Crippen molar-refractivity contribution >= 4 is 31.6 Å². The first-order chi connectivity index (χ1) is 9.83. The van der Waals surface area contributed by atoms with Crippen LogP contribution in [0.3, 0.4) is 0 Å². The Morgan fingerprint density at radius 3 is 2.76 bits per heavy atom. The average molecular weight is 377 g/mol. The molecule has 0 aliphatic carbocycles. The molecule has 0 aliphatic rings. The summed E-state index contributed by atoms with van der Waals surface area (Å²) >= 11 is 3.21. The third kappa shape index (κ3) is 3.52. The van der Waals surface area contributed by atoms with Crippen LogP contribution in [-0.4, -0.2) is 25.7 Å². The van der Waals surface area contributed by atoms with Gasteiger partial charge in [0.2, 0.25) is 15.9 Å². The zero-order valence-electron chi connectivity index (χ0n) is 11.3. The molecule has 0 fully saturated rings. The van der Waals surface area contributed by atoms with Crippen LogP contribution < -0.4 is 15.2 Å². The highest BCUT2D eigenvalue weighted by Crippen LogP contribution is 2.32. The molecule has 10 heteroatoms. The number of aryl methyl sites for hydroxylation is 1. The highest BCUT2D eigenvalue weighted by Gasteiger charge is 2.22. The van der Waals surface area contributed by atoms with Crippen LogP contribution in [0.1, 0.15) is 11.7 Å². The lowest BCUT2D eigenvalue weighted by Crippen LogP contribution is -2.24. The number of nitrogen functional groups attached to an aromatic ring is 1. The van der Waals surface area contributed by atoms with Gasteiger partial charge in [-0.1, -0.05) is 5.16 Å². The first-order valence-electron chi connectivity index (χ1n) is 5.75. The maximum absolute atomic E-state index is 12.3. The van der Waals surface area contributed by atoms with Gasteiger partial charge in [0.05, 0.1) is 13.7 Å². The summed E-state index contributed by atoms with van der Waals surface area (Å²) < 4.78 is 37.4. The smallest absolute Gasteiger partial charge is 0.244 e. The van der Waals surface area contributed by atoms with Gasteiger partial charge >= 0.3 is 0 Å². The number of hydrogen-bond donors (Lipinski definition) is 2. The summed E-state index contributed by atoms with van der Waals surface area (Å²) in [5, 5.41) is 3.58. The van der Waals surface area contributed by atoms with E-state index in [-0.39, 0.29) is 28.8 Å². The van der Waals surface area contributed by atoms with E-state index in [0.29, 0.717) is 10.3 Å². The number of anilines is 1.